The number of benzene rings is 2. The van der Waals surface area contributed by atoms with E-state index in [1.807, 2.05) is 36.1 Å². The Balaban J connectivity index is 1.56. The predicted octanol–water partition coefficient (Wildman–Crippen LogP) is 3.78. The zero-order chi connectivity index (χ0) is 19.9. The molecule has 0 aliphatic carbocycles. The fraction of sp³-hybridized carbons (Fsp3) is 0.381. The molecule has 150 valence electrons. The average Bonchev–Trinajstić information content (AvgIpc) is 2.71. The van der Waals surface area contributed by atoms with Crippen molar-refractivity contribution < 1.29 is 13.9 Å². The van der Waals surface area contributed by atoms with Crippen molar-refractivity contribution in [3.63, 3.8) is 0 Å². The van der Waals surface area contributed by atoms with Crippen LogP contribution in [0.15, 0.2) is 42.5 Å². The van der Waals surface area contributed by atoms with Crippen LogP contribution in [-0.2, 0) is 16.1 Å². The maximum Gasteiger partial charge on any atom is 0.238 e. The molecule has 1 aliphatic rings. The van der Waals surface area contributed by atoms with E-state index < -0.39 is 0 Å². The van der Waals surface area contributed by atoms with E-state index in [2.05, 4.69) is 10.2 Å². The van der Waals surface area contributed by atoms with Gasteiger partial charge in [0.05, 0.1) is 19.8 Å². The molecule has 0 bridgehead atoms. The lowest BCUT2D eigenvalue weighted by Crippen LogP contribution is -2.36. The van der Waals surface area contributed by atoms with Gasteiger partial charge in [-0.2, -0.15) is 0 Å². The first kappa shape index (κ1) is 20.6. The van der Waals surface area contributed by atoms with E-state index >= 15 is 0 Å². The van der Waals surface area contributed by atoms with Gasteiger partial charge in [0.15, 0.2) is 0 Å². The van der Waals surface area contributed by atoms with Gasteiger partial charge in [-0.1, -0.05) is 24.6 Å². The molecule has 0 spiro atoms. The van der Waals surface area contributed by atoms with E-state index in [4.69, 9.17) is 16.3 Å². The van der Waals surface area contributed by atoms with Gasteiger partial charge in [-0.05, 0) is 42.9 Å². The summed E-state index contributed by atoms with van der Waals surface area (Å²) < 4.78 is 19.4. The first-order valence-corrected chi connectivity index (χ1v) is 9.82. The highest BCUT2D eigenvalue weighted by Gasteiger charge is 2.15. The number of amides is 1. The molecule has 5 nitrogen and oxygen atoms in total. The Bertz CT molecular complexity index is 774. The largest absolute Gasteiger partial charge is 0.378 e. The zero-order valence-corrected chi connectivity index (χ0v) is 16.7. The molecular weight excluding hydrogens is 381 g/mol. The lowest BCUT2D eigenvalue weighted by molar-refractivity contribution is -0.117. The second-order valence-corrected chi connectivity index (χ2v) is 7.11. The second kappa shape index (κ2) is 9.87. The van der Waals surface area contributed by atoms with E-state index in [1.165, 1.54) is 6.07 Å². The van der Waals surface area contributed by atoms with Crippen molar-refractivity contribution in [2.24, 2.45) is 0 Å². The standard InChI is InChI=1S/C21H25ClFN3O2/c1-2-25(14-18-19(22)4-3-5-20(18)23)15-21(27)24-16-6-8-17(9-7-16)26-10-12-28-13-11-26/h3-9H,2,10-15H2,1H3,(H,24,27). The van der Waals surface area contributed by atoms with Crippen LogP contribution in [-0.4, -0.2) is 50.2 Å². The van der Waals surface area contributed by atoms with Gasteiger partial charge in [-0.3, -0.25) is 9.69 Å². The van der Waals surface area contributed by atoms with E-state index in [-0.39, 0.29) is 24.8 Å². The molecule has 0 aromatic heterocycles. The van der Waals surface area contributed by atoms with Crippen molar-refractivity contribution in [1.29, 1.82) is 0 Å². The molecule has 1 N–H and O–H groups in total. The zero-order valence-electron chi connectivity index (χ0n) is 16.0. The summed E-state index contributed by atoms with van der Waals surface area (Å²) in [6.45, 7) is 6.19. The van der Waals surface area contributed by atoms with Gasteiger partial charge in [0.1, 0.15) is 5.82 Å². The van der Waals surface area contributed by atoms with Gasteiger partial charge in [0, 0.05) is 41.6 Å². The highest BCUT2D eigenvalue weighted by molar-refractivity contribution is 6.31. The summed E-state index contributed by atoms with van der Waals surface area (Å²) in [6, 6.07) is 12.4. The van der Waals surface area contributed by atoms with E-state index in [1.54, 1.807) is 12.1 Å². The molecule has 28 heavy (non-hydrogen) atoms. The second-order valence-electron chi connectivity index (χ2n) is 6.70. The smallest absolute Gasteiger partial charge is 0.238 e. The van der Waals surface area contributed by atoms with E-state index in [0.29, 0.717) is 17.1 Å². The monoisotopic (exact) mass is 405 g/mol. The Labute approximate surface area is 170 Å². The molecule has 0 saturated carbocycles. The first-order chi connectivity index (χ1) is 13.6. The molecular formula is C21H25ClFN3O2. The van der Waals surface area contributed by atoms with Crippen LogP contribution >= 0.6 is 11.6 Å². The number of ether oxygens (including phenoxy) is 1. The Morgan fingerprint density at radius 1 is 1.21 bits per heavy atom. The number of hydrogen-bond donors (Lipinski definition) is 1. The molecule has 1 fully saturated rings. The van der Waals surface area contributed by atoms with Crippen molar-refractivity contribution in [3.05, 3.63) is 58.9 Å². The Morgan fingerprint density at radius 3 is 2.57 bits per heavy atom. The number of likely N-dealkylation sites (N-methyl/N-ethyl adjacent to an activating group) is 1. The van der Waals surface area contributed by atoms with Gasteiger partial charge in [-0.15, -0.1) is 0 Å². The summed E-state index contributed by atoms with van der Waals surface area (Å²) in [5, 5.41) is 3.27. The summed E-state index contributed by atoms with van der Waals surface area (Å²) >= 11 is 6.10. The summed E-state index contributed by atoms with van der Waals surface area (Å²) in [6.07, 6.45) is 0. The molecule has 3 rings (SSSR count). The molecule has 0 radical (unpaired) electrons. The van der Waals surface area contributed by atoms with Gasteiger partial charge < -0.3 is 15.0 Å². The lowest BCUT2D eigenvalue weighted by atomic mass is 10.2. The minimum absolute atomic E-state index is 0.145. The number of nitrogens with zero attached hydrogens (tertiary/aromatic N) is 2. The number of hydrogen-bond acceptors (Lipinski definition) is 4. The van der Waals surface area contributed by atoms with Gasteiger partial charge in [0.25, 0.3) is 0 Å². The number of carbonyl (C=O) groups excluding carboxylic acids is 1. The Kier molecular flexibility index (Phi) is 7.25. The molecule has 1 amide bonds. The highest BCUT2D eigenvalue weighted by atomic mass is 35.5. The maximum atomic E-state index is 14.0. The maximum absolute atomic E-state index is 14.0. The summed E-state index contributed by atoms with van der Waals surface area (Å²) in [5.74, 6) is -0.501. The minimum atomic E-state index is -0.356. The van der Waals surface area contributed by atoms with E-state index in [9.17, 15) is 9.18 Å². The molecule has 2 aromatic rings. The quantitative estimate of drug-likeness (QED) is 0.761. The van der Waals surface area contributed by atoms with Crippen molar-refractivity contribution in [1.82, 2.24) is 4.90 Å². The minimum Gasteiger partial charge on any atom is -0.378 e. The van der Waals surface area contributed by atoms with Crippen LogP contribution < -0.4 is 10.2 Å². The van der Waals surface area contributed by atoms with Crippen LogP contribution in [0.4, 0.5) is 15.8 Å². The van der Waals surface area contributed by atoms with Gasteiger partial charge in [-0.25, -0.2) is 4.39 Å². The lowest BCUT2D eigenvalue weighted by Gasteiger charge is -2.29. The van der Waals surface area contributed by atoms with Crippen LogP contribution in [0, 0.1) is 5.82 Å². The molecule has 1 aliphatic heterocycles. The molecule has 0 atom stereocenters. The third-order valence-corrected chi connectivity index (χ3v) is 5.14. The summed E-state index contributed by atoms with van der Waals surface area (Å²) in [5.41, 5.74) is 2.27. The fourth-order valence-electron chi connectivity index (χ4n) is 3.17. The first-order valence-electron chi connectivity index (χ1n) is 9.44. The number of rotatable bonds is 7. The van der Waals surface area contributed by atoms with Crippen LogP contribution in [0.3, 0.4) is 0 Å². The molecule has 1 heterocycles. The van der Waals surface area contributed by atoms with Gasteiger partial charge in [0.2, 0.25) is 5.91 Å². The van der Waals surface area contributed by atoms with Gasteiger partial charge >= 0.3 is 0 Å². The van der Waals surface area contributed by atoms with Crippen molar-refractivity contribution in [2.45, 2.75) is 13.5 Å². The molecule has 0 unspecified atom stereocenters. The molecule has 1 saturated heterocycles. The average molecular weight is 406 g/mol. The fourth-order valence-corrected chi connectivity index (χ4v) is 3.39. The van der Waals surface area contributed by atoms with Crippen LogP contribution in [0.1, 0.15) is 12.5 Å². The van der Waals surface area contributed by atoms with E-state index in [0.717, 1.165) is 37.7 Å². The molecule has 7 heteroatoms. The van der Waals surface area contributed by atoms with Crippen LogP contribution in [0.25, 0.3) is 0 Å². The third-order valence-electron chi connectivity index (χ3n) is 4.79. The number of morpholine rings is 1. The van der Waals surface area contributed by atoms with Crippen LogP contribution in [0.5, 0.6) is 0 Å². The number of nitrogens with one attached hydrogen (secondary N) is 1. The highest BCUT2D eigenvalue weighted by Crippen LogP contribution is 2.21. The third kappa shape index (κ3) is 5.44. The number of anilines is 2. The summed E-state index contributed by atoms with van der Waals surface area (Å²) in [4.78, 5) is 16.5. The SMILES string of the molecule is CCN(CC(=O)Nc1ccc(N2CCOCC2)cc1)Cc1c(F)cccc1Cl. The van der Waals surface area contributed by atoms with Crippen molar-refractivity contribution in [3.8, 4) is 0 Å². The topological polar surface area (TPSA) is 44.8 Å². The van der Waals surface area contributed by atoms with Crippen LogP contribution in [0.2, 0.25) is 5.02 Å². The Morgan fingerprint density at radius 2 is 1.93 bits per heavy atom. The number of halogens is 2. The predicted molar refractivity (Wildman–Crippen MR) is 110 cm³/mol. The van der Waals surface area contributed by atoms with Crippen molar-refractivity contribution in [2.75, 3.05) is 49.6 Å². The Hall–Kier alpha value is -2.15. The molecule has 2 aromatic carbocycles. The number of carbonyl (C=O) groups is 1. The van der Waals surface area contributed by atoms with Crippen molar-refractivity contribution >= 4 is 28.9 Å². The summed E-state index contributed by atoms with van der Waals surface area (Å²) in [7, 11) is 0. The normalized spacial score (nSPS) is 14.4.